The van der Waals surface area contributed by atoms with Crippen LogP contribution in [0.15, 0.2) is 22.7 Å². The maximum Gasteiger partial charge on any atom is 0.270 e. The normalized spacial score (nSPS) is 21.8. The van der Waals surface area contributed by atoms with Crippen molar-refractivity contribution in [3.63, 3.8) is 0 Å². The zero-order valence-electron chi connectivity index (χ0n) is 12.0. The number of hydrogen-bond donors (Lipinski definition) is 1. The van der Waals surface area contributed by atoms with Crippen molar-refractivity contribution in [3.8, 4) is 0 Å². The van der Waals surface area contributed by atoms with Gasteiger partial charge in [0.25, 0.3) is 11.6 Å². The molecule has 114 valence electrons. The van der Waals surface area contributed by atoms with Crippen LogP contribution in [-0.4, -0.2) is 16.9 Å². The topological polar surface area (TPSA) is 72.2 Å². The minimum Gasteiger partial charge on any atom is -0.349 e. The minimum absolute atomic E-state index is 0.0703. The highest BCUT2D eigenvalue weighted by molar-refractivity contribution is 9.10. The van der Waals surface area contributed by atoms with Gasteiger partial charge in [0.15, 0.2) is 0 Å². The predicted octanol–water partition coefficient (Wildman–Crippen LogP) is 4.06. The lowest BCUT2D eigenvalue weighted by molar-refractivity contribution is -0.384. The van der Waals surface area contributed by atoms with Gasteiger partial charge in [-0.25, -0.2) is 0 Å². The summed E-state index contributed by atoms with van der Waals surface area (Å²) in [7, 11) is 0. The van der Waals surface area contributed by atoms with Gasteiger partial charge < -0.3 is 5.32 Å². The van der Waals surface area contributed by atoms with Crippen LogP contribution in [-0.2, 0) is 0 Å². The number of hydrogen-bond acceptors (Lipinski definition) is 3. The Morgan fingerprint density at radius 1 is 1.43 bits per heavy atom. The Labute approximate surface area is 132 Å². The Kier molecular flexibility index (Phi) is 5.33. The zero-order valence-corrected chi connectivity index (χ0v) is 13.6. The Morgan fingerprint density at radius 2 is 2.14 bits per heavy atom. The summed E-state index contributed by atoms with van der Waals surface area (Å²) in [5.41, 5.74) is 0.253. The molecular weight excluding hydrogens is 336 g/mol. The van der Waals surface area contributed by atoms with Crippen LogP contribution in [0, 0.1) is 16.0 Å². The number of carbonyl (C=O) groups is 1. The number of non-ortho nitro benzene ring substituents is 1. The van der Waals surface area contributed by atoms with Crippen LogP contribution in [0.2, 0.25) is 0 Å². The largest absolute Gasteiger partial charge is 0.349 e. The first-order chi connectivity index (χ1) is 10.0. The second kappa shape index (κ2) is 7.02. The standard InChI is InChI=1S/C15H19BrN2O3/c1-2-10-5-3-4-6-14(10)17-15(19)12-9-11(18(20)21)7-8-13(12)16/h7-10,14H,2-6H2,1H3,(H,17,19). The number of rotatable bonds is 4. The van der Waals surface area contributed by atoms with E-state index in [1.54, 1.807) is 6.07 Å². The monoisotopic (exact) mass is 354 g/mol. The summed E-state index contributed by atoms with van der Waals surface area (Å²) >= 11 is 3.29. The Morgan fingerprint density at radius 3 is 2.81 bits per heavy atom. The van der Waals surface area contributed by atoms with Crippen molar-refractivity contribution in [1.29, 1.82) is 0 Å². The number of nitrogens with one attached hydrogen (secondary N) is 1. The number of nitro groups is 1. The summed E-state index contributed by atoms with van der Waals surface area (Å²) in [5, 5.41) is 13.9. The number of nitro benzene ring substituents is 1. The van der Waals surface area contributed by atoms with E-state index in [1.807, 2.05) is 0 Å². The van der Waals surface area contributed by atoms with Crippen LogP contribution in [0.25, 0.3) is 0 Å². The SMILES string of the molecule is CCC1CCCCC1NC(=O)c1cc([N+](=O)[O-])ccc1Br. The first kappa shape index (κ1) is 15.9. The molecule has 1 amide bonds. The van der Waals surface area contributed by atoms with E-state index in [-0.39, 0.29) is 17.6 Å². The highest BCUT2D eigenvalue weighted by atomic mass is 79.9. The van der Waals surface area contributed by atoms with Crippen LogP contribution < -0.4 is 5.32 Å². The molecule has 0 spiro atoms. The summed E-state index contributed by atoms with van der Waals surface area (Å²) in [4.78, 5) is 22.8. The highest BCUT2D eigenvalue weighted by Crippen LogP contribution is 2.28. The van der Waals surface area contributed by atoms with E-state index in [0.29, 0.717) is 16.0 Å². The van der Waals surface area contributed by atoms with E-state index in [0.717, 1.165) is 25.7 Å². The smallest absolute Gasteiger partial charge is 0.270 e. The number of amides is 1. The molecule has 2 rings (SSSR count). The maximum absolute atomic E-state index is 12.4. The molecule has 0 bridgehead atoms. The van der Waals surface area contributed by atoms with Crippen molar-refractivity contribution in [3.05, 3.63) is 38.3 Å². The lowest BCUT2D eigenvalue weighted by atomic mass is 9.83. The maximum atomic E-state index is 12.4. The van der Waals surface area contributed by atoms with Gasteiger partial charge in [-0.15, -0.1) is 0 Å². The van der Waals surface area contributed by atoms with E-state index in [9.17, 15) is 14.9 Å². The van der Waals surface area contributed by atoms with Crippen molar-refractivity contribution in [1.82, 2.24) is 5.32 Å². The summed E-state index contributed by atoms with van der Waals surface area (Å²) in [6.45, 7) is 2.14. The van der Waals surface area contributed by atoms with Crippen molar-refractivity contribution < 1.29 is 9.72 Å². The van der Waals surface area contributed by atoms with Crippen LogP contribution >= 0.6 is 15.9 Å². The van der Waals surface area contributed by atoms with Gasteiger partial charge in [0.05, 0.1) is 10.5 Å². The highest BCUT2D eigenvalue weighted by Gasteiger charge is 2.26. The predicted molar refractivity (Wildman–Crippen MR) is 84.3 cm³/mol. The minimum atomic E-state index is -0.487. The van der Waals surface area contributed by atoms with Crippen molar-refractivity contribution in [2.45, 2.75) is 45.1 Å². The molecular formula is C15H19BrN2O3. The first-order valence-electron chi connectivity index (χ1n) is 7.27. The molecule has 1 N–H and O–H groups in total. The molecule has 21 heavy (non-hydrogen) atoms. The van der Waals surface area contributed by atoms with Crippen LogP contribution in [0.5, 0.6) is 0 Å². The van der Waals surface area contributed by atoms with Crippen molar-refractivity contribution in [2.24, 2.45) is 5.92 Å². The molecule has 2 unspecified atom stereocenters. The van der Waals surface area contributed by atoms with Crippen LogP contribution in [0.3, 0.4) is 0 Å². The van der Waals surface area contributed by atoms with E-state index in [2.05, 4.69) is 28.2 Å². The Balaban J connectivity index is 2.16. The van der Waals surface area contributed by atoms with E-state index in [4.69, 9.17) is 0 Å². The summed E-state index contributed by atoms with van der Waals surface area (Å²) in [6, 6.07) is 4.42. The molecule has 0 saturated heterocycles. The number of halogens is 1. The average molecular weight is 355 g/mol. The Hall–Kier alpha value is -1.43. The second-order valence-corrected chi connectivity index (χ2v) is 6.31. The van der Waals surface area contributed by atoms with Crippen molar-refractivity contribution in [2.75, 3.05) is 0 Å². The fourth-order valence-corrected chi connectivity index (χ4v) is 3.36. The number of benzene rings is 1. The van der Waals surface area contributed by atoms with Gasteiger partial charge in [0, 0.05) is 22.6 Å². The van der Waals surface area contributed by atoms with Gasteiger partial charge in [-0.2, -0.15) is 0 Å². The number of carbonyl (C=O) groups excluding carboxylic acids is 1. The molecule has 0 heterocycles. The van der Waals surface area contributed by atoms with Gasteiger partial charge in [-0.3, -0.25) is 14.9 Å². The first-order valence-corrected chi connectivity index (χ1v) is 8.07. The van der Waals surface area contributed by atoms with Crippen LogP contribution in [0.1, 0.15) is 49.4 Å². The van der Waals surface area contributed by atoms with E-state index < -0.39 is 4.92 Å². The zero-order chi connectivity index (χ0) is 15.4. The van der Waals surface area contributed by atoms with Gasteiger partial charge >= 0.3 is 0 Å². The fraction of sp³-hybridized carbons (Fsp3) is 0.533. The quantitative estimate of drug-likeness (QED) is 0.654. The van der Waals surface area contributed by atoms with Gasteiger partial charge in [-0.1, -0.05) is 26.2 Å². The molecule has 1 aromatic carbocycles. The summed E-state index contributed by atoms with van der Waals surface area (Å²) < 4.78 is 0.578. The van der Waals surface area contributed by atoms with E-state index >= 15 is 0 Å². The lowest BCUT2D eigenvalue weighted by Crippen LogP contribution is -2.42. The molecule has 6 heteroatoms. The molecule has 1 aliphatic rings. The van der Waals surface area contributed by atoms with Crippen molar-refractivity contribution >= 4 is 27.5 Å². The number of nitrogens with zero attached hydrogens (tertiary/aromatic N) is 1. The molecule has 2 atom stereocenters. The third-order valence-electron chi connectivity index (χ3n) is 4.16. The lowest BCUT2D eigenvalue weighted by Gasteiger charge is -2.31. The molecule has 0 aromatic heterocycles. The third kappa shape index (κ3) is 3.81. The molecule has 0 radical (unpaired) electrons. The Bertz CT molecular complexity index is 548. The fourth-order valence-electron chi connectivity index (χ4n) is 2.93. The third-order valence-corrected chi connectivity index (χ3v) is 4.85. The molecule has 1 saturated carbocycles. The summed E-state index contributed by atoms with van der Waals surface area (Å²) in [6.07, 6.45) is 5.50. The van der Waals surface area contributed by atoms with Crippen LogP contribution in [0.4, 0.5) is 5.69 Å². The molecule has 1 fully saturated rings. The summed E-state index contributed by atoms with van der Waals surface area (Å²) in [5.74, 6) is 0.260. The van der Waals surface area contributed by atoms with E-state index in [1.165, 1.54) is 18.6 Å². The van der Waals surface area contributed by atoms with Gasteiger partial charge in [0.1, 0.15) is 0 Å². The molecule has 1 aliphatic carbocycles. The average Bonchev–Trinajstić information content (AvgIpc) is 2.47. The second-order valence-electron chi connectivity index (χ2n) is 5.45. The van der Waals surface area contributed by atoms with Gasteiger partial charge in [-0.05, 0) is 40.8 Å². The molecule has 5 nitrogen and oxygen atoms in total. The molecule has 1 aromatic rings. The van der Waals surface area contributed by atoms with Gasteiger partial charge in [0.2, 0.25) is 0 Å². The molecule has 0 aliphatic heterocycles.